The van der Waals surface area contributed by atoms with Crippen LogP contribution in [0.25, 0.3) is 22.3 Å². The Bertz CT molecular complexity index is 3320. The lowest BCUT2D eigenvalue weighted by Gasteiger charge is -2.23. The van der Waals surface area contributed by atoms with Gasteiger partial charge in [-0.15, -0.1) is 0 Å². The number of rotatable bonds is 20. The van der Waals surface area contributed by atoms with Gasteiger partial charge in [0.25, 0.3) is 0 Å². The summed E-state index contributed by atoms with van der Waals surface area (Å²) in [5, 5.41) is 64.6. The van der Waals surface area contributed by atoms with Crippen molar-refractivity contribution < 1.29 is 34.8 Å². The number of aromatic nitrogens is 8. The molecule has 8 aromatic rings. The molecule has 4 aliphatic rings. The molecule has 2 saturated heterocycles. The van der Waals surface area contributed by atoms with Crippen LogP contribution in [0.4, 0.5) is 28.3 Å². The number of benzene rings is 4. The highest BCUT2D eigenvalue weighted by Gasteiger charge is 2.45. The maximum absolute atomic E-state index is 14.0. The van der Waals surface area contributed by atoms with Gasteiger partial charge in [0.1, 0.15) is 24.4 Å². The third kappa shape index (κ3) is 12.1. The number of carbonyl (C=O) groups excluding carboxylic acids is 3. The summed E-state index contributed by atoms with van der Waals surface area (Å²) >= 11 is 0. The minimum atomic E-state index is -1.21. The average molecular weight is 1170 g/mol. The molecule has 4 aromatic heterocycles. The molecule has 10 N–H and O–H groups in total. The summed E-state index contributed by atoms with van der Waals surface area (Å²) < 4.78 is 3.54. The van der Waals surface area contributed by atoms with Crippen LogP contribution in [0.1, 0.15) is 98.5 Å². The Kier molecular flexibility index (Phi) is 17.1. The minimum absolute atomic E-state index is 0.0454. The Morgan fingerprint density at radius 1 is 0.500 bits per heavy atom. The van der Waals surface area contributed by atoms with Gasteiger partial charge < -0.3 is 71.3 Å². The summed E-state index contributed by atoms with van der Waals surface area (Å²) in [5.74, 6) is 1.25. The van der Waals surface area contributed by atoms with Crippen molar-refractivity contribution in [3.63, 3.8) is 0 Å². The van der Waals surface area contributed by atoms with Gasteiger partial charge in [-0.25, -0.2) is 14.8 Å². The predicted octanol–water partition coefficient (Wildman–Crippen LogP) is 4.73. The van der Waals surface area contributed by atoms with Crippen molar-refractivity contribution in [3.05, 3.63) is 156 Å². The van der Waals surface area contributed by atoms with E-state index in [1.165, 1.54) is 0 Å². The average Bonchev–Trinajstić information content (AvgIpc) is 4.42. The number of carbonyl (C=O) groups is 3. The van der Waals surface area contributed by atoms with Crippen molar-refractivity contribution >= 4 is 63.7 Å². The molecular formula is C63H74N16O7. The molecule has 0 spiro atoms. The van der Waals surface area contributed by atoms with Crippen molar-refractivity contribution in [2.75, 3.05) is 59.7 Å². The quantitative estimate of drug-likeness (QED) is 0.0493. The third-order valence-electron chi connectivity index (χ3n) is 17.5. The molecule has 4 aromatic carbocycles. The van der Waals surface area contributed by atoms with Crippen LogP contribution in [0.2, 0.25) is 0 Å². The van der Waals surface area contributed by atoms with Crippen LogP contribution in [-0.4, -0.2) is 165 Å². The van der Waals surface area contributed by atoms with Crippen molar-refractivity contribution in [1.82, 2.24) is 60.3 Å². The molecule has 23 nitrogen and oxygen atoms in total. The molecule has 4 fully saturated rings. The normalized spacial score (nSPS) is 23.8. The lowest BCUT2D eigenvalue weighted by molar-refractivity contribution is -0.123. The van der Waals surface area contributed by atoms with Crippen LogP contribution in [-0.2, 0) is 9.59 Å². The fraction of sp³-hybridized carbons (Fsp3) is 0.413. The second-order valence-corrected chi connectivity index (χ2v) is 23.0. The summed E-state index contributed by atoms with van der Waals surface area (Å²) in [6.45, 7) is 6.28. The molecule has 23 heteroatoms. The Morgan fingerprint density at radius 3 is 1.21 bits per heavy atom. The van der Waals surface area contributed by atoms with Gasteiger partial charge in [0.05, 0.1) is 36.8 Å². The lowest BCUT2D eigenvalue weighted by atomic mass is 9.91. The summed E-state index contributed by atoms with van der Waals surface area (Å²) in [4.78, 5) is 72.9. The SMILES string of the molecule is CCC(=O)N[C@H]1C[C@@H](n2cnc3c(NCC(c4ccccc4)c4ccccc4)nc(N4CCC(NC(=O)N[C@@H]5CCN(c6nc(NCC(c7ccccc7)c7ccccc7)c7ncn([C@@H]8C[C@H](NC(=O)CC)[C@@H](O)[C@H]8O)c7n6)C5)C4)nc32)[C@H](O)[C@@H]1O. The molecule has 1 unspecified atom stereocenters. The van der Waals surface area contributed by atoms with Gasteiger partial charge in [-0.2, -0.15) is 19.9 Å². The van der Waals surface area contributed by atoms with E-state index < -0.39 is 48.6 Å². The monoisotopic (exact) mass is 1170 g/mol. The van der Waals surface area contributed by atoms with Gasteiger partial charge in [-0.3, -0.25) is 9.59 Å². The van der Waals surface area contributed by atoms with Crippen LogP contribution < -0.4 is 41.7 Å². The van der Waals surface area contributed by atoms with E-state index in [0.717, 1.165) is 22.3 Å². The fourth-order valence-electron chi connectivity index (χ4n) is 12.8. The number of fused-ring (bicyclic) bond motifs is 2. The van der Waals surface area contributed by atoms with E-state index in [-0.39, 0.29) is 67.4 Å². The van der Waals surface area contributed by atoms with Crippen LogP contribution >= 0.6 is 0 Å². The van der Waals surface area contributed by atoms with E-state index in [1.807, 2.05) is 82.6 Å². The van der Waals surface area contributed by atoms with Crippen LogP contribution in [0.5, 0.6) is 0 Å². The van der Waals surface area contributed by atoms with E-state index in [1.54, 1.807) is 35.6 Å². The summed E-state index contributed by atoms with van der Waals surface area (Å²) in [7, 11) is 0. The Labute approximate surface area is 497 Å². The first-order valence-corrected chi connectivity index (χ1v) is 30.0. The molecule has 448 valence electrons. The zero-order valence-corrected chi connectivity index (χ0v) is 48.1. The molecule has 2 aliphatic heterocycles. The van der Waals surface area contributed by atoms with Crippen LogP contribution in [0.15, 0.2) is 134 Å². The number of imidazole rings is 2. The number of nitrogens with zero attached hydrogens (tertiary/aromatic N) is 10. The molecular weight excluding hydrogens is 1090 g/mol. The van der Waals surface area contributed by atoms with E-state index in [0.29, 0.717) is 98.0 Å². The van der Waals surface area contributed by atoms with Crippen molar-refractivity contribution in [2.45, 2.75) is 125 Å². The van der Waals surface area contributed by atoms with Crippen molar-refractivity contribution in [2.24, 2.45) is 0 Å². The van der Waals surface area contributed by atoms with Gasteiger partial charge in [-0.1, -0.05) is 135 Å². The van der Waals surface area contributed by atoms with Crippen molar-refractivity contribution in [1.29, 1.82) is 0 Å². The number of amides is 4. The van der Waals surface area contributed by atoms with Gasteiger partial charge in [0, 0.05) is 76.0 Å². The number of anilines is 4. The predicted molar refractivity (Wildman–Crippen MR) is 326 cm³/mol. The maximum Gasteiger partial charge on any atom is 0.315 e. The highest BCUT2D eigenvalue weighted by Crippen LogP contribution is 2.38. The first kappa shape index (κ1) is 57.7. The smallest absolute Gasteiger partial charge is 0.315 e. The molecule has 2 aliphatic carbocycles. The zero-order chi connectivity index (χ0) is 59.4. The van der Waals surface area contributed by atoms with Crippen LogP contribution in [0.3, 0.4) is 0 Å². The summed E-state index contributed by atoms with van der Waals surface area (Å²) in [6, 6.07) is 37.5. The number of hydrogen-bond donors (Lipinski definition) is 10. The Balaban J connectivity index is 0.765. The molecule has 0 bridgehead atoms. The second-order valence-electron chi connectivity index (χ2n) is 23.0. The zero-order valence-electron chi connectivity index (χ0n) is 48.1. The van der Waals surface area contributed by atoms with Gasteiger partial charge in [0.2, 0.25) is 23.7 Å². The Morgan fingerprint density at radius 2 is 0.860 bits per heavy atom. The highest BCUT2D eigenvalue weighted by molar-refractivity contribution is 5.86. The number of urea groups is 1. The molecule has 2 saturated carbocycles. The molecule has 0 radical (unpaired) electrons. The van der Waals surface area contributed by atoms with E-state index in [4.69, 9.17) is 29.9 Å². The molecule has 10 atom stereocenters. The van der Waals surface area contributed by atoms with E-state index in [9.17, 15) is 34.8 Å². The van der Waals surface area contributed by atoms with E-state index >= 15 is 0 Å². The van der Waals surface area contributed by atoms with Crippen LogP contribution in [0, 0.1) is 0 Å². The third-order valence-corrected chi connectivity index (χ3v) is 17.5. The fourth-order valence-corrected chi connectivity index (χ4v) is 12.8. The molecule has 4 amide bonds. The largest absolute Gasteiger partial charge is 0.388 e. The van der Waals surface area contributed by atoms with Gasteiger partial charge in [0.15, 0.2) is 34.0 Å². The molecule has 12 rings (SSSR count). The van der Waals surface area contributed by atoms with Crippen molar-refractivity contribution in [3.8, 4) is 0 Å². The first-order chi connectivity index (χ1) is 41.9. The minimum Gasteiger partial charge on any atom is -0.388 e. The summed E-state index contributed by atoms with van der Waals surface area (Å²) in [6.07, 6.45) is 0.596. The van der Waals surface area contributed by atoms with E-state index in [2.05, 4.69) is 80.4 Å². The lowest BCUT2D eigenvalue weighted by Crippen LogP contribution is -2.48. The number of hydrogen-bond acceptors (Lipinski definition) is 17. The van der Waals surface area contributed by atoms with Gasteiger partial charge in [-0.05, 0) is 47.9 Å². The molecule has 6 heterocycles. The Hall–Kier alpha value is -8.77. The second kappa shape index (κ2) is 25.4. The molecule has 86 heavy (non-hydrogen) atoms. The number of nitrogens with one attached hydrogen (secondary N) is 6. The first-order valence-electron chi connectivity index (χ1n) is 30.0. The maximum atomic E-state index is 14.0. The topological polar surface area (TPSA) is 298 Å². The highest BCUT2D eigenvalue weighted by atomic mass is 16.3. The van der Waals surface area contributed by atoms with Gasteiger partial charge >= 0.3 is 6.03 Å². The number of aliphatic hydroxyl groups is 4. The number of aliphatic hydroxyl groups excluding tert-OH is 4. The standard InChI is InChI=1S/C63H74N16O7/c1-3-49(80)70-45-29-47(55(84)53(45)82)78-35-66-51-57(64-31-43(37-17-9-5-10-18-37)38-19-11-6-12-20-38)72-61(74-59(51)78)76-27-25-41(33-76)68-63(86)69-42-26-28-77(34-42)62-73-58(65-32-44(39-21-13-7-14-22-39)40-23-15-8-16-24-40)52-60(75-62)79(36-67-52)48-30-46(54(83)56(48)85)71-50(81)4-2/h5-24,35-36,41-48,53-56,82-85H,3-4,25-34H2,1-2H3,(H,70,80)(H,71,81)(H,64,72,74)(H,65,73,75)(H2,68,69,86)/t41-,42?,45+,46+,47-,48-,53-,54-,55+,56+/m1/s1. The summed E-state index contributed by atoms with van der Waals surface area (Å²) in [5.41, 5.74) is 6.34.